The van der Waals surface area contributed by atoms with Crippen LogP contribution >= 0.6 is 43.2 Å². The molecular weight excluding hydrogens is 382 g/mol. The Labute approximate surface area is 127 Å². The number of carbonyl (C=O) groups is 1. The maximum atomic E-state index is 12.5. The highest BCUT2D eigenvalue weighted by atomic mass is 79.9. The summed E-state index contributed by atoms with van der Waals surface area (Å²) < 4.78 is 1.84. The average Bonchev–Trinajstić information content (AvgIpc) is 2.92. The number of nitrogens with zero attached hydrogens (tertiary/aromatic N) is 1. The van der Waals surface area contributed by atoms with E-state index in [1.165, 1.54) is 11.3 Å². The van der Waals surface area contributed by atoms with Crippen LogP contribution in [0.15, 0.2) is 13.6 Å². The van der Waals surface area contributed by atoms with Crippen LogP contribution in [0.5, 0.6) is 0 Å². The van der Waals surface area contributed by atoms with Gasteiger partial charge in [-0.15, -0.1) is 11.3 Å². The van der Waals surface area contributed by atoms with Crippen molar-refractivity contribution in [3.05, 3.63) is 19.2 Å². The summed E-state index contributed by atoms with van der Waals surface area (Å²) in [6.07, 6.45) is 3.77. The molecule has 1 aliphatic rings. The quantitative estimate of drug-likeness (QED) is 0.843. The van der Waals surface area contributed by atoms with E-state index >= 15 is 0 Å². The Kier molecular flexibility index (Phi) is 5.24. The maximum absolute atomic E-state index is 12.5. The Hall–Kier alpha value is 0.0900. The number of halogens is 2. The summed E-state index contributed by atoms with van der Waals surface area (Å²) >= 11 is 8.36. The molecule has 1 atom stereocenters. The molecule has 0 spiro atoms. The number of aliphatic hydroxyl groups excluding tert-OH is 1. The second kappa shape index (κ2) is 6.50. The van der Waals surface area contributed by atoms with Gasteiger partial charge in [0, 0.05) is 19.2 Å². The fraction of sp³-hybridized carbons (Fsp3) is 0.583. The smallest absolute Gasteiger partial charge is 0.256 e. The summed E-state index contributed by atoms with van der Waals surface area (Å²) in [4.78, 5) is 14.4. The van der Waals surface area contributed by atoms with Crippen molar-refractivity contribution in [3.8, 4) is 0 Å². The second-order valence-corrected chi connectivity index (χ2v) is 8.15. The molecule has 0 aromatic carbocycles. The van der Waals surface area contributed by atoms with Gasteiger partial charge in [0.2, 0.25) is 0 Å². The van der Waals surface area contributed by atoms with E-state index in [1.807, 2.05) is 11.0 Å². The first-order valence-electron chi connectivity index (χ1n) is 6.00. The van der Waals surface area contributed by atoms with Crippen molar-refractivity contribution in [3.63, 3.8) is 0 Å². The monoisotopic (exact) mass is 395 g/mol. The summed E-state index contributed by atoms with van der Waals surface area (Å²) in [5.74, 6) is 0.101. The molecule has 1 N–H and O–H groups in total. The summed E-state index contributed by atoms with van der Waals surface area (Å²) in [7, 11) is 0. The number of thiophene rings is 1. The first kappa shape index (κ1) is 14.5. The topological polar surface area (TPSA) is 40.5 Å². The lowest BCUT2D eigenvalue weighted by Gasteiger charge is -2.24. The molecule has 18 heavy (non-hydrogen) atoms. The predicted molar refractivity (Wildman–Crippen MR) is 80.1 cm³/mol. The first-order chi connectivity index (χ1) is 8.63. The van der Waals surface area contributed by atoms with Crippen molar-refractivity contribution < 1.29 is 9.90 Å². The van der Waals surface area contributed by atoms with E-state index in [0.29, 0.717) is 0 Å². The van der Waals surface area contributed by atoms with Crippen LogP contribution in [0.25, 0.3) is 0 Å². The van der Waals surface area contributed by atoms with Gasteiger partial charge in [-0.1, -0.05) is 0 Å². The third-order valence-corrected chi connectivity index (χ3v) is 5.56. The Morgan fingerprint density at radius 1 is 1.56 bits per heavy atom. The lowest BCUT2D eigenvalue weighted by molar-refractivity contribution is 0.0724. The normalized spacial score (nSPS) is 19.5. The van der Waals surface area contributed by atoms with Crippen molar-refractivity contribution >= 4 is 49.1 Å². The van der Waals surface area contributed by atoms with Gasteiger partial charge in [-0.25, -0.2) is 0 Å². The molecule has 1 unspecified atom stereocenters. The Balaban J connectivity index is 2.10. The van der Waals surface area contributed by atoms with Crippen LogP contribution in [0.3, 0.4) is 0 Å². The summed E-state index contributed by atoms with van der Waals surface area (Å²) in [6.45, 7) is 1.03. The summed E-state index contributed by atoms with van der Waals surface area (Å²) in [5.41, 5.74) is 0.739. The van der Waals surface area contributed by atoms with Crippen molar-refractivity contribution in [2.24, 2.45) is 0 Å². The van der Waals surface area contributed by atoms with Crippen LogP contribution in [0, 0.1) is 0 Å². The molecule has 6 heteroatoms. The average molecular weight is 397 g/mol. The molecule has 2 rings (SSSR count). The summed E-state index contributed by atoms with van der Waals surface area (Å²) in [5, 5.41) is 8.90. The number of amides is 1. The van der Waals surface area contributed by atoms with Gasteiger partial charge in [0.1, 0.15) is 0 Å². The SMILES string of the molecule is O=C(c1cc(Br)sc1Br)N1CCCC1CCCO. The van der Waals surface area contributed by atoms with Crippen LogP contribution in [0.4, 0.5) is 0 Å². The highest BCUT2D eigenvalue weighted by Gasteiger charge is 2.30. The minimum absolute atomic E-state index is 0.101. The Morgan fingerprint density at radius 3 is 2.94 bits per heavy atom. The van der Waals surface area contributed by atoms with Gasteiger partial charge >= 0.3 is 0 Å². The first-order valence-corrected chi connectivity index (χ1v) is 8.40. The van der Waals surface area contributed by atoms with Gasteiger partial charge in [-0.2, -0.15) is 0 Å². The zero-order chi connectivity index (χ0) is 13.1. The number of likely N-dealkylation sites (tertiary alicyclic amines) is 1. The minimum atomic E-state index is 0.101. The van der Waals surface area contributed by atoms with E-state index in [4.69, 9.17) is 5.11 Å². The fourth-order valence-electron chi connectivity index (χ4n) is 2.37. The molecule has 1 saturated heterocycles. The fourth-order valence-corrected chi connectivity index (χ4v) is 5.15. The highest BCUT2D eigenvalue weighted by Crippen LogP contribution is 2.34. The van der Waals surface area contributed by atoms with E-state index in [2.05, 4.69) is 31.9 Å². The van der Waals surface area contributed by atoms with E-state index < -0.39 is 0 Å². The van der Waals surface area contributed by atoms with Crippen molar-refractivity contribution in [2.45, 2.75) is 31.7 Å². The molecular formula is C12H15Br2NO2S. The Bertz CT molecular complexity index is 436. The number of hydrogen-bond donors (Lipinski definition) is 1. The van der Waals surface area contributed by atoms with Gasteiger partial charge in [0.05, 0.1) is 13.1 Å². The maximum Gasteiger partial charge on any atom is 0.256 e. The molecule has 3 nitrogen and oxygen atoms in total. The second-order valence-electron chi connectivity index (χ2n) is 4.40. The molecule has 0 bridgehead atoms. The van der Waals surface area contributed by atoms with Crippen LogP contribution < -0.4 is 0 Å². The number of rotatable bonds is 4. The molecule has 0 saturated carbocycles. The molecule has 1 aliphatic heterocycles. The van der Waals surface area contributed by atoms with Gasteiger partial charge in [-0.05, 0) is 63.6 Å². The lowest BCUT2D eigenvalue weighted by Crippen LogP contribution is -2.35. The largest absolute Gasteiger partial charge is 0.396 e. The standard InChI is InChI=1S/C12H15Br2NO2S/c13-10-7-9(11(14)18-10)12(17)15-5-1-3-8(15)4-2-6-16/h7-8,16H,1-6H2. The molecule has 1 amide bonds. The van der Waals surface area contributed by atoms with E-state index in [0.717, 1.165) is 45.4 Å². The summed E-state index contributed by atoms with van der Waals surface area (Å²) in [6, 6.07) is 2.16. The van der Waals surface area contributed by atoms with Crippen LogP contribution in [0.1, 0.15) is 36.0 Å². The number of aliphatic hydroxyl groups is 1. The molecule has 1 fully saturated rings. The predicted octanol–water partition coefficient (Wildman–Crippen LogP) is 3.65. The molecule has 2 heterocycles. The third-order valence-electron chi connectivity index (χ3n) is 3.22. The Morgan fingerprint density at radius 2 is 2.33 bits per heavy atom. The molecule has 0 aliphatic carbocycles. The van der Waals surface area contributed by atoms with E-state index in [-0.39, 0.29) is 18.6 Å². The van der Waals surface area contributed by atoms with Crippen molar-refractivity contribution in [1.82, 2.24) is 4.90 Å². The molecule has 1 aromatic rings. The molecule has 0 radical (unpaired) electrons. The van der Waals surface area contributed by atoms with Gasteiger partial charge < -0.3 is 10.0 Å². The van der Waals surface area contributed by atoms with Crippen LogP contribution in [0.2, 0.25) is 0 Å². The minimum Gasteiger partial charge on any atom is -0.396 e. The van der Waals surface area contributed by atoms with E-state index in [9.17, 15) is 4.79 Å². The van der Waals surface area contributed by atoms with E-state index in [1.54, 1.807) is 0 Å². The zero-order valence-electron chi connectivity index (χ0n) is 9.86. The molecule has 1 aromatic heterocycles. The third kappa shape index (κ3) is 3.15. The van der Waals surface area contributed by atoms with Gasteiger partial charge in [-0.3, -0.25) is 4.79 Å². The van der Waals surface area contributed by atoms with Crippen molar-refractivity contribution in [2.75, 3.05) is 13.2 Å². The number of hydrogen-bond acceptors (Lipinski definition) is 3. The molecule has 100 valence electrons. The van der Waals surface area contributed by atoms with Crippen molar-refractivity contribution in [1.29, 1.82) is 0 Å². The van der Waals surface area contributed by atoms with Gasteiger partial charge in [0.25, 0.3) is 5.91 Å². The highest BCUT2D eigenvalue weighted by molar-refractivity contribution is 9.12. The van der Waals surface area contributed by atoms with Crippen LogP contribution in [-0.4, -0.2) is 35.1 Å². The lowest BCUT2D eigenvalue weighted by atomic mass is 10.1. The van der Waals surface area contributed by atoms with Crippen LogP contribution in [-0.2, 0) is 0 Å². The number of carbonyl (C=O) groups excluding carboxylic acids is 1. The van der Waals surface area contributed by atoms with Gasteiger partial charge in [0.15, 0.2) is 0 Å². The zero-order valence-corrected chi connectivity index (χ0v) is 13.9.